The van der Waals surface area contributed by atoms with E-state index in [0.717, 1.165) is 12.0 Å². The fourth-order valence-electron chi connectivity index (χ4n) is 2.26. The quantitative estimate of drug-likeness (QED) is 0.878. The molecule has 0 bridgehead atoms. The minimum atomic E-state index is 0.0520. The number of amides is 1. The topological polar surface area (TPSA) is 29.1 Å². The van der Waals surface area contributed by atoms with Gasteiger partial charge in [-0.15, -0.1) is 0 Å². The molecule has 0 unspecified atom stereocenters. The van der Waals surface area contributed by atoms with Crippen LogP contribution in [0.15, 0.2) is 48.5 Å². The number of rotatable bonds is 5. The van der Waals surface area contributed by atoms with E-state index in [1.807, 2.05) is 6.92 Å². The number of hydrogen-bond acceptors (Lipinski definition) is 1. The van der Waals surface area contributed by atoms with E-state index in [-0.39, 0.29) is 11.9 Å². The average molecular weight is 281 g/mol. The predicted octanol–water partition coefficient (Wildman–Crippen LogP) is 4.11. The Balaban J connectivity index is 1.83. The lowest BCUT2D eigenvalue weighted by Crippen LogP contribution is -2.26. The lowest BCUT2D eigenvalue weighted by molar-refractivity contribution is -0.121. The first-order valence-electron chi connectivity index (χ1n) is 7.46. The average Bonchev–Trinajstić information content (AvgIpc) is 2.47. The zero-order valence-electron chi connectivity index (χ0n) is 13.0. The SMILES string of the molecule is Cc1ccc(CCC(=O)N[C@H](C)c2ccc(C)cc2)cc1. The normalized spacial score (nSPS) is 12.0. The molecule has 0 aromatic heterocycles. The van der Waals surface area contributed by atoms with Crippen LogP contribution in [0.2, 0.25) is 0 Å². The van der Waals surface area contributed by atoms with Crippen LogP contribution in [0.3, 0.4) is 0 Å². The Morgan fingerprint density at radius 2 is 1.48 bits per heavy atom. The van der Waals surface area contributed by atoms with Crippen molar-refractivity contribution in [1.29, 1.82) is 0 Å². The van der Waals surface area contributed by atoms with E-state index in [1.165, 1.54) is 16.7 Å². The van der Waals surface area contributed by atoms with Gasteiger partial charge < -0.3 is 5.32 Å². The van der Waals surface area contributed by atoms with E-state index in [0.29, 0.717) is 6.42 Å². The summed E-state index contributed by atoms with van der Waals surface area (Å²) in [4.78, 5) is 12.0. The first-order valence-corrected chi connectivity index (χ1v) is 7.46. The third kappa shape index (κ3) is 4.75. The molecule has 0 radical (unpaired) electrons. The standard InChI is InChI=1S/C19H23NO/c1-14-4-8-17(9-5-14)10-13-19(21)20-16(3)18-11-6-15(2)7-12-18/h4-9,11-12,16H,10,13H2,1-3H3,(H,20,21)/t16-/m1/s1. The summed E-state index contributed by atoms with van der Waals surface area (Å²) in [5.74, 6) is 0.101. The molecule has 1 N–H and O–H groups in total. The van der Waals surface area contributed by atoms with E-state index in [2.05, 4.69) is 67.7 Å². The largest absolute Gasteiger partial charge is 0.350 e. The Bertz CT molecular complexity index is 584. The highest BCUT2D eigenvalue weighted by atomic mass is 16.1. The molecular formula is C19H23NO. The second-order valence-electron chi connectivity index (χ2n) is 5.69. The van der Waals surface area contributed by atoms with E-state index < -0.39 is 0 Å². The van der Waals surface area contributed by atoms with Crippen LogP contribution < -0.4 is 5.32 Å². The van der Waals surface area contributed by atoms with Gasteiger partial charge in [-0.1, -0.05) is 59.7 Å². The van der Waals surface area contributed by atoms with Gasteiger partial charge in [0.15, 0.2) is 0 Å². The van der Waals surface area contributed by atoms with E-state index in [4.69, 9.17) is 0 Å². The van der Waals surface area contributed by atoms with E-state index in [1.54, 1.807) is 0 Å². The van der Waals surface area contributed by atoms with Crippen LogP contribution in [0.1, 0.15) is 41.6 Å². The lowest BCUT2D eigenvalue weighted by Gasteiger charge is -2.14. The number of nitrogens with one attached hydrogen (secondary N) is 1. The smallest absolute Gasteiger partial charge is 0.220 e. The molecule has 0 saturated carbocycles. The van der Waals surface area contributed by atoms with Crippen molar-refractivity contribution in [2.24, 2.45) is 0 Å². The maximum atomic E-state index is 12.0. The Labute approximate surface area is 127 Å². The lowest BCUT2D eigenvalue weighted by atomic mass is 10.1. The summed E-state index contributed by atoms with van der Waals surface area (Å²) in [6.07, 6.45) is 1.31. The molecule has 0 saturated heterocycles. The van der Waals surface area contributed by atoms with Crippen molar-refractivity contribution in [3.8, 4) is 0 Å². The van der Waals surface area contributed by atoms with Crippen LogP contribution >= 0.6 is 0 Å². The van der Waals surface area contributed by atoms with Crippen molar-refractivity contribution in [2.45, 2.75) is 39.7 Å². The van der Waals surface area contributed by atoms with Crippen molar-refractivity contribution >= 4 is 5.91 Å². The summed E-state index contributed by atoms with van der Waals surface area (Å²) < 4.78 is 0. The summed E-state index contributed by atoms with van der Waals surface area (Å²) in [7, 11) is 0. The molecule has 110 valence electrons. The minimum absolute atomic E-state index is 0.0520. The molecule has 2 rings (SSSR count). The molecule has 1 amide bonds. The van der Waals surface area contributed by atoms with Gasteiger partial charge in [-0.3, -0.25) is 4.79 Å². The summed E-state index contributed by atoms with van der Waals surface area (Å²) >= 11 is 0. The predicted molar refractivity (Wildman–Crippen MR) is 87.2 cm³/mol. The molecule has 2 heteroatoms. The molecule has 0 aliphatic heterocycles. The number of hydrogen-bond donors (Lipinski definition) is 1. The fraction of sp³-hybridized carbons (Fsp3) is 0.316. The number of carbonyl (C=O) groups excluding carboxylic acids is 1. The number of aryl methyl sites for hydroxylation is 3. The van der Waals surface area contributed by atoms with Crippen molar-refractivity contribution in [2.75, 3.05) is 0 Å². The van der Waals surface area contributed by atoms with Gasteiger partial charge in [0, 0.05) is 6.42 Å². The maximum absolute atomic E-state index is 12.0. The molecule has 0 aliphatic rings. The minimum Gasteiger partial charge on any atom is -0.350 e. The highest BCUT2D eigenvalue weighted by molar-refractivity contribution is 5.76. The van der Waals surface area contributed by atoms with Crippen LogP contribution in [0.5, 0.6) is 0 Å². The third-order valence-corrected chi connectivity index (χ3v) is 3.72. The summed E-state index contributed by atoms with van der Waals surface area (Å²) in [5, 5.41) is 3.06. The van der Waals surface area contributed by atoms with Gasteiger partial charge >= 0.3 is 0 Å². The highest BCUT2D eigenvalue weighted by Crippen LogP contribution is 2.13. The zero-order valence-corrected chi connectivity index (χ0v) is 13.0. The Kier molecular flexibility index (Phi) is 5.15. The third-order valence-electron chi connectivity index (χ3n) is 3.72. The van der Waals surface area contributed by atoms with Crippen LogP contribution in [0.4, 0.5) is 0 Å². The number of carbonyl (C=O) groups is 1. The molecule has 0 heterocycles. The summed E-state index contributed by atoms with van der Waals surface area (Å²) in [5.41, 5.74) is 4.83. The molecule has 2 aromatic rings. The van der Waals surface area contributed by atoms with Crippen LogP contribution in [0, 0.1) is 13.8 Å². The van der Waals surface area contributed by atoms with Crippen molar-refractivity contribution in [3.63, 3.8) is 0 Å². The van der Waals surface area contributed by atoms with E-state index >= 15 is 0 Å². The van der Waals surface area contributed by atoms with Crippen LogP contribution in [-0.2, 0) is 11.2 Å². The van der Waals surface area contributed by atoms with Gasteiger partial charge in [0.25, 0.3) is 0 Å². The Morgan fingerprint density at radius 3 is 2.05 bits per heavy atom. The van der Waals surface area contributed by atoms with Gasteiger partial charge in [0.1, 0.15) is 0 Å². The molecule has 2 nitrogen and oxygen atoms in total. The van der Waals surface area contributed by atoms with Crippen LogP contribution in [-0.4, -0.2) is 5.91 Å². The maximum Gasteiger partial charge on any atom is 0.220 e. The van der Waals surface area contributed by atoms with E-state index in [9.17, 15) is 4.79 Å². The van der Waals surface area contributed by atoms with Gasteiger partial charge in [-0.2, -0.15) is 0 Å². The second kappa shape index (κ2) is 7.07. The molecular weight excluding hydrogens is 258 g/mol. The summed E-state index contributed by atoms with van der Waals surface area (Å²) in [6, 6.07) is 16.7. The first-order chi connectivity index (χ1) is 10.0. The van der Waals surface area contributed by atoms with Gasteiger partial charge in [0.05, 0.1) is 6.04 Å². The Morgan fingerprint density at radius 1 is 0.952 bits per heavy atom. The monoisotopic (exact) mass is 281 g/mol. The molecule has 0 fully saturated rings. The zero-order chi connectivity index (χ0) is 15.2. The van der Waals surface area contributed by atoms with Gasteiger partial charge in [-0.25, -0.2) is 0 Å². The Hall–Kier alpha value is -2.09. The van der Waals surface area contributed by atoms with Gasteiger partial charge in [0.2, 0.25) is 5.91 Å². The van der Waals surface area contributed by atoms with Crippen molar-refractivity contribution in [3.05, 3.63) is 70.8 Å². The molecule has 2 aromatic carbocycles. The molecule has 1 atom stereocenters. The highest BCUT2D eigenvalue weighted by Gasteiger charge is 2.09. The first kappa shape index (κ1) is 15.3. The van der Waals surface area contributed by atoms with Crippen molar-refractivity contribution < 1.29 is 4.79 Å². The van der Waals surface area contributed by atoms with Crippen LogP contribution in [0.25, 0.3) is 0 Å². The summed E-state index contributed by atoms with van der Waals surface area (Å²) in [6.45, 7) is 6.16. The molecule has 21 heavy (non-hydrogen) atoms. The molecule has 0 aliphatic carbocycles. The molecule has 0 spiro atoms. The number of benzene rings is 2. The second-order valence-corrected chi connectivity index (χ2v) is 5.69. The van der Waals surface area contributed by atoms with Gasteiger partial charge in [-0.05, 0) is 38.3 Å². The fourth-order valence-corrected chi connectivity index (χ4v) is 2.26. The van der Waals surface area contributed by atoms with Crippen molar-refractivity contribution in [1.82, 2.24) is 5.32 Å².